The number of halogens is 1. The molecule has 0 spiro atoms. The molecule has 2 aromatic rings. The molecule has 0 saturated carbocycles. The fourth-order valence-electron chi connectivity index (χ4n) is 2.23. The Kier molecular flexibility index (Phi) is 4.81. The molecular weight excluding hydrogens is 288 g/mol. The van der Waals surface area contributed by atoms with Gasteiger partial charge in [-0.2, -0.15) is 0 Å². The van der Waals surface area contributed by atoms with Gasteiger partial charge >= 0.3 is 0 Å². The van der Waals surface area contributed by atoms with E-state index in [-0.39, 0.29) is 16.7 Å². The quantitative estimate of drug-likeness (QED) is 0.616. The first kappa shape index (κ1) is 15.3. The summed E-state index contributed by atoms with van der Waals surface area (Å²) in [6.07, 6.45) is 0.901. The molecule has 0 aliphatic heterocycles. The minimum atomic E-state index is -0.382. The van der Waals surface area contributed by atoms with E-state index in [2.05, 4.69) is 12.2 Å². The van der Waals surface area contributed by atoms with Crippen molar-refractivity contribution in [3.63, 3.8) is 0 Å². The van der Waals surface area contributed by atoms with E-state index in [1.165, 1.54) is 6.07 Å². The molecule has 1 atom stereocenters. The number of aryl methyl sites for hydroxylation is 1. The van der Waals surface area contributed by atoms with E-state index in [4.69, 9.17) is 11.6 Å². The van der Waals surface area contributed by atoms with Gasteiger partial charge in [-0.05, 0) is 42.7 Å². The highest BCUT2D eigenvalue weighted by Crippen LogP contribution is 2.27. The largest absolute Gasteiger partial charge is 0.378 e. The van der Waals surface area contributed by atoms with Crippen LogP contribution in [0.5, 0.6) is 0 Å². The molecule has 0 aromatic heterocycles. The van der Waals surface area contributed by atoms with Crippen molar-refractivity contribution in [3.8, 4) is 0 Å². The van der Waals surface area contributed by atoms with Crippen LogP contribution in [-0.2, 0) is 0 Å². The summed E-state index contributed by atoms with van der Waals surface area (Å²) in [5.41, 5.74) is 3.01. The van der Waals surface area contributed by atoms with E-state index in [1.54, 1.807) is 12.1 Å². The molecule has 0 bridgehead atoms. The number of rotatable bonds is 5. The zero-order valence-corrected chi connectivity index (χ0v) is 12.7. The molecule has 1 unspecified atom stereocenters. The SMILES string of the molecule is CCC(Nc1ccc([N+](=O)[O-])cc1C)c1ccc(Cl)cc1. The van der Waals surface area contributed by atoms with Crippen LogP contribution in [0.4, 0.5) is 11.4 Å². The zero-order valence-electron chi connectivity index (χ0n) is 12.0. The van der Waals surface area contributed by atoms with E-state index >= 15 is 0 Å². The van der Waals surface area contributed by atoms with Crippen molar-refractivity contribution in [2.45, 2.75) is 26.3 Å². The minimum absolute atomic E-state index is 0.109. The van der Waals surface area contributed by atoms with Gasteiger partial charge in [-0.25, -0.2) is 0 Å². The lowest BCUT2D eigenvalue weighted by Gasteiger charge is -2.20. The van der Waals surface area contributed by atoms with Crippen molar-refractivity contribution in [3.05, 3.63) is 68.7 Å². The van der Waals surface area contributed by atoms with Crippen molar-refractivity contribution in [2.75, 3.05) is 5.32 Å². The number of hydrogen-bond donors (Lipinski definition) is 1. The van der Waals surface area contributed by atoms with Gasteiger partial charge in [-0.3, -0.25) is 10.1 Å². The Balaban J connectivity index is 2.22. The number of hydrogen-bond acceptors (Lipinski definition) is 3. The van der Waals surface area contributed by atoms with Gasteiger partial charge < -0.3 is 5.32 Å². The second-order valence-electron chi connectivity index (χ2n) is 4.91. The maximum absolute atomic E-state index is 10.8. The van der Waals surface area contributed by atoms with Crippen LogP contribution in [0.25, 0.3) is 0 Å². The Morgan fingerprint density at radius 3 is 2.43 bits per heavy atom. The van der Waals surface area contributed by atoms with E-state index in [0.29, 0.717) is 5.02 Å². The molecule has 0 aliphatic rings. The van der Waals surface area contributed by atoms with Gasteiger partial charge in [0, 0.05) is 22.8 Å². The highest BCUT2D eigenvalue weighted by molar-refractivity contribution is 6.30. The van der Waals surface area contributed by atoms with Gasteiger partial charge in [0.25, 0.3) is 5.69 Å². The normalized spacial score (nSPS) is 12.0. The summed E-state index contributed by atoms with van der Waals surface area (Å²) in [5, 5.41) is 14.9. The smallest absolute Gasteiger partial charge is 0.269 e. The summed E-state index contributed by atoms with van der Waals surface area (Å²) in [4.78, 5) is 10.4. The summed E-state index contributed by atoms with van der Waals surface area (Å²) in [7, 11) is 0. The molecule has 2 rings (SSSR count). The fourth-order valence-corrected chi connectivity index (χ4v) is 2.35. The predicted molar refractivity (Wildman–Crippen MR) is 85.9 cm³/mol. The zero-order chi connectivity index (χ0) is 15.4. The Morgan fingerprint density at radius 1 is 1.24 bits per heavy atom. The molecule has 4 nitrogen and oxygen atoms in total. The van der Waals surface area contributed by atoms with Gasteiger partial charge in [0.2, 0.25) is 0 Å². The molecule has 0 fully saturated rings. The van der Waals surface area contributed by atoms with Crippen molar-refractivity contribution >= 4 is 23.0 Å². The average molecular weight is 305 g/mol. The summed E-state index contributed by atoms with van der Waals surface area (Å²) >= 11 is 5.91. The van der Waals surface area contributed by atoms with Crippen molar-refractivity contribution in [1.82, 2.24) is 0 Å². The molecule has 0 heterocycles. The van der Waals surface area contributed by atoms with Crippen LogP contribution in [0.15, 0.2) is 42.5 Å². The first-order chi connectivity index (χ1) is 10.0. The molecule has 0 radical (unpaired) electrons. The van der Waals surface area contributed by atoms with Gasteiger partial charge in [0.1, 0.15) is 0 Å². The van der Waals surface area contributed by atoms with Gasteiger partial charge in [0.05, 0.1) is 11.0 Å². The Morgan fingerprint density at radius 2 is 1.90 bits per heavy atom. The lowest BCUT2D eigenvalue weighted by Crippen LogP contribution is -2.10. The third kappa shape index (κ3) is 3.73. The van der Waals surface area contributed by atoms with Crippen molar-refractivity contribution in [2.24, 2.45) is 0 Å². The molecule has 0 saturated heterocycles. The number of nitrogens with zero attached hydrogens (tertiary/aromatic N) is 1. The molecule has 21 heavy (non-hydrogen) atoms. The van der Waals surface area contributed by atoms with Crippen LogP contribution in [0.1, 0.15) is 30.5 Å². The first-order valence-corrected chi connectivity index (χ1v) is 7.16. The minimum Gasteiger partial charge on any atom is -0.378 e. The monoisotopic (exact) mass is 304 g/mol. The van der Waals surface area contributed by atoms with Gasteiger partial charge in [-0.1, -0.05) is 30.7 Å². The number of nitro benzene ring substituents is 1. The summed E-state index contributed by atoms with van der Waals surface area (Å²) in [5.74, 6) is 0. The van der Waals surface area contributed by atoms with Crippen molar-refractivity contribution < 1.29 is 4.92 Å². The molecule has 110 valence electrons. The van der Waals surface area contributed by atoms with Crippen LogP contribution in [-0.4, -0.2) is 4.92 Å². The molecule has 2 aromatic carbocycles. The third-order valence-electron chi connectivity index (χ3n) is 3.43. The van der Waals surface area contributed by atoms with Crippen LogP contribution in [0.3, 0.4) is 0 Å². The number of benzene rings is 2. The second kappa shape index (κ2) is 6.59. The van der Waals surface area contributed by atoms with E-state index in [1.807, 2.05) is 31.2 Å². The fraction of sp³-hybridized carbons (Fsp3) is 0.250. The van der Waals surface area contributed by atoms with Crippen LogP contribution in [0.2, 0.25) is 5.02 Å². The summed E-state index contributed by atoms with van der Waals surface area (Å²) < 4.78 is 0. The number of non-ortho nitro benzene ring substituents is 1. The van der Waals surface area contributed by atoms with Gasteiger partial charge in [0.15, 0.2) is 0 Å². The maximum Gasteiger partial charge on any atom is 0.269 e. The predicted octanol–water partition coefficient (Wildman–Crippen LogP) is 5.12. The second-order valence-corrected chi connectivity index (χ2v) is 5.35. The van der Waals surface area contributed by atoms with E-state index in [0.717, 1.165) is 23.2 Å². The van der Waals surface area contributed by atoms with E-state index < -0.39 is 0 Å². The highest BCUT2D eigenvalue weighted by Gasteiger charge is 2.13. The number of nitrogens with one attached hydrogen (secondary N) is 1. The Labute approximate surface area is 128 Å². The van der Waals surface area contributed by atoms with Crippen molar-refractivity contribution in [1.29, 1.82) is 0 Å². The number of nitro groups is 1. The topological polar surface area (TPSA) is 55.2 Å². The summed E-state index contributed by atoms with van der Waals surface area (Å²) in [6, 6.07) is 12.7. The van der Waals surface area contributed by atoms with E-state index in [9.17, 15) is 10.1 Å². The molecular formula is C16H17ClN2O2. The maximum atomic E-state index is 10.8. The number of anilines is 1. The average Bonchev–Trinajstić information content (AvgIpc) is 2.47. The third-order valence-corrected chi connectivity index (χ3v) is 3.68. The lowest BCUT2D eigenvalue weighted by atomic mass is 10.0. The molecule has 1 N–H and O–H groups in total. The highest BCUT2D eigenvalue weighted by atomic mass is 35.5. The van der Waals surface area contributed by atoms with Gasteiger partial charge in [-0.15, -0.1) is 0 Å². The van der Waals surface area contributed by atoms with Crippen LogP contribution in [0, 0.1) is 17.0 Å². The van der Waals surface area contributed by atoms with Crippen LogP contribution >= 0.6 is 11.6 Å². The molecule has 0 amide bonds. The lowest BCUT2D eigenvalue weighted by molar-refractivity contribution is -0.384. The Hall–Kier alpha value is -2.07. The Bertz CT molecular complexity index is 641. The first-order valence-electron chi connectivity index (χ1n) is 6.78. The summed E-state index contributed by atoms with van der Waals surface area (Å²) in [6.45, 7) is 3.96. The standard InChI is InChI=1S/C16H17ClN2O2/c1-3-15(12-4-6-13(17)7-5-12)18-16-9-8-14(19(20)21)10-11(16)2/h4-10,15,18H,3H2,1-2H3. The molecule has 5 heteroatoms. The van der Waals surface area contributed by atoms with Crippen LogP contribution < -0.4 is 5.32 Å². The molecule has 0 aliphatic carbocycles.